The van der Waals surface area contributed by atoms with E-state index in [-0.39, 0.29) is 11.9 Å². The number of aromatic nitrogens is 1. The fourth-order valence-corrected chi connectivity index (χ4v) is 2.79. The molecule has 1 heterocycles. The standard InChI is InChI=1S/C17H23N3O/c1-13(15-7-3-2-4-8-15)20-17(21)16-10-9-14(12-19-16)6-5-11-18/h9-10,12-13,15H,2-4,7-8,11,18H2,1H3,(H,20,21). The third kappa shape index (κ3) is 4.57. The Hall–Kier alpha value is -1.86. The lowest BCUT2D eigenvalue weighted by molar-refractivity contribution is 0.0914. The fourth-order valence-electron chi connectivity index (χ4n) is 2.79. The van der Waals surface area contributed by atoms with Gasteiger partial charge in [0.2, 0.25) is 0 Å². The Morgan fingerprint density at radius 1 is 1.43 bits per heavy atom. The molecular weight excluding hydrogens is 262 g/mol. The quantitative estimate of drug-likeness (QED) is 0.836. The van der Waals surface area contributed by atoms with Gasteiger partial charge in [0.1, 0.15) is 5.69 Å². The summed E-state index contributed by atoms with van der Waals surface area (Å²) in [5.74, 6) is 6.15. The summed E-state index contributed by atoms with van der Waals surface area (Å²) in [4.78, 5) is 16.4. The molecule has 21 heavy (non-hydrogen) atoms. The topological polar surface area (TPSA) is 68.0 Å². The highest BCUT2D eigenvalue weighted by Gasteiger charge is 2.22. The van der Waals surface area contributed by atoms with E-state index < -0.39 is 0 Å². The van der Waals surface area contributed by atoms with Crippen molar-refractivity contribution in [1.29, 1.82) is 0 Å². The molecule has 3 N–H and O–H groups in total. The minimum atomic E-state index is -0.105. The van der Waals surface area contributed by atoms with Crippen LogP contribution in [0.5, 0.6) is 0 Å². The van der Waals surface area contributed by atoms with E-state index in [1.54, 1.807) is 18.3 Å². The van der Waals surface area contributed by atoms with Gasteiger partial charge in [0.15, 0.2) is 0 Å². The number of hydrogen-bond acceptors (Lipinski definition) is 3. The third-order valence-corrected chi connectivity index (χ3v) is 4.05. The van der Waals surface area contributed by atoms with Gasteiger partial charge in [-0.15, -0.1) is 0 Å². The van der Waals surface area contributed by atoms with Crippen LogP contribution in [0.3, 0.4) is 0 Å². The first-order valence-corrected chi connectivity index (χ1v) is 7.66. The van der Waals surface area contributed by atoms with Crippen LogP contribution < -0.4 is 11.1 Å². The van der Waals surface area contributed by atoms with Gasteiger partial charge in [-0.1, -0.05) is 31.1 Å². The monoisotopic (exact) mass is 285 g/mol. The van der Waals surface area contributed by atoms with Crippen LogP contribution in [0.1, 0.15) is 55.1 Å². The lowest BCUT2D eigenvalue weighted by Gasteiger charge is -2.28. The summed E-state index contributed by atoms with van der Waals surface area (Å²) in [6.07, 6.45) is 7.91. The van der Waals surface area contributed by atoms with Crippen molar-refractivity contribution in [2.45, 2.75) is 45.1 Å². The first-order valence-electron chi connectivity index (χ1n) is 7.66. The van der Waals surface area contributed by atoms with E-state index in [1.165, 1.54) is 32.1 Å². The van der Waals surface area contributed by atoms with Crippen molar-refractivity contribution < 1.29 is 4.79 Å². The molecule has 1 fully saturated rings. The number of carbonyl (C=O) groups excluding carboxylic acids is 1. The zero-order valence-corrected chi connectivity index (χ0v) is 12.6. The highest BCUT2D eigenvalue weighted by molar-refractivity contribution is 5.92. The van der Waals surface area contributed by atoms with Crippen molar-refractivity contribution in [1.82, 2.24) is 10.3 Å². The summed E-state index contributed by atoms with van der Waals surface area (Å²) in [6.45, 7) is 2.41. The average Bonchev–Trinajstić information content (AvgIpc) is 2.54. The van der Waals surface area contributed by atoms with E-state index in [1.807, 2.05) is 0 Å². The molecule has 4 heteroatoms. The zero-order valence-electron chi connectivity index (χ0n) is 12.6. The summed E-state index contributed by atoms with van der Waals surface area (Å²) in [7, 11) is 0. The van der Waals surface area contributed by atoms with Crippen LogP contribution in [0.4, 0.5) is 0 Å². The van der Waals surface area contributed by atoms with Gasteiger partial charge in [-0.3, -0.25) is 4.79 Å². The van der Waals surface area contributed by atoms with Gasteiger partial charge in [-0.25, -0.2) is 4.98 Å². The van der Waals surface area contributed by atoms with E-state index in [2.05, 4.69) is 29.1 Å². The summed E-state index contributed by atoms with van der Waals surface area (Å²) in [5.41, 5.74) is 6.54. The molecule has 0 radical (unpaired) electrons. The molecule has 0 aromatic carbocycles. The second-order valence-electron chi connectivity index (χ2n) is 5.60. The normalized spacial score (nSPS) is 16.7. The van der Waals surface area contributed by atoms with Crippen LogP contribution in [0.15, 0.2) is 18.3 Å². The molecule has 0 saturated heterocycles. The zero-order chi connectivity index (χ0) is 15.1. The van der Waals surface area contributed by atoms with Crippen molar-refractivity contribution in [2.24, 2.45) is 11.7 Å². The molecule has 1 atom stereocenters. The van der Waals surface area contributed by atoms with Crippen molar-refractivity contribution in [3.63, 3.8) is 0 Å². The van der Waals surface area contributed by atoms with E-state index in [4.69, 9.17) is 5.73 Å². The summed E-state index contributed by atoms with van der Waals surface area (Å²) < 4.78 is 0. The highest BCUT2D eigenvalue weighted by atomic mass is 16.1. The number of nitrogens with one attached hydrogen (secondary N) is 1. The maximum atomic E-state index is 12.2. The fraction of sp³-hybridized carbons (Fsp3) is 0.529. The van der Waals surface area contributed by atoms with Gasteiger partial charge in [0, 0.05) is 17.8 Å². The molecule has 4 nitrogen and oxygen atoms in total. The van der Waals surface area contributed by atoms with Crippen LogP contribution in [0.2, 0.25) is 0 Å². The average molecular weight is 285 g/mol. The van der Waals surface area contributed by atoms with Gasteiger partial charge in [-0.05, 0) is 37.8 Å². The molecule has 1 saturated carbocycles. The summed E-state index contributed by atoms with van der Waals surface area (Å²) in [6, 6.07) is 3.72. The number of nitrogens with zero attached hydrogens (tertiary/aromatic N) is 1. The SMILES string of the molecule is CC(NC(=O)c1ccc(C#CCN)cn1)C1CCCCC1. The second kappa shape index (κ2) is 7.80. The number of amides is 1. The van der Waals surface area contributed by atoms with Crippen LogP contribution >= 0.6 is 0 Å². The number of nitrogens with two attached hydrogens (primary N) is 1. The lowest BCUT2D eigenvalue weighted by atomic mass is 9.84. The molecule has 0 aliphatic heterocycles. The molecule has 0 spiro atoms. The largest absolute Gasteiger partial charge is 0.348 e. The molecule has 1 unspecified atom stereocenters. The van der Waals surface area contributed by atoms with E-state index >= 15 is 0 Å². The molecule has 1 aromatic rings. The Bertz CT molecular complexity index is 521. The number of rotatable bonds is 3. The predicted molar refractivity (Wildman–Crippen MR) is 83.7 cm³/mol. The van der Waals surface area contributed by atoms with E-state index in [0.717, 1.165) is 5.56 Å². The highest BCUT2D eigenvalue weighted by Crippen LogP contribution is 2.26. The molecule has 1 aliphatic carbocycles. The number of hydrogen-bond donors (Lipinski definition) is 2. The maximum absolute atomic E-state index is 12.2. The van der Waals surface area contributed by atoms with Crippen LogP contribution in [0.25, 0.3) is 0 Å². The molecule has 1 aromatic heterocycles. The smallest absolute Gasteiger partial charge is 0.270 e. The van der Waals surface area contributed by atoms with Gasteiger partial charge in [-0.2, -0.15) is 0 Å². The molecule has 1 amide bonds. The van der Waals surface area contributed by atoms with Crippen LogP contribution in [-0.2, 0) is 0 Å². The first-order chi connectivity index (χ1) is 10.2. The second-order valence-corrected chi connectivity index (χ2v) is 5.60. The van der Waals surface area contributed by atoms with E-state index in [0.29, 0.717) is 18.2 Å². The molecular formula is C17H23N3O. The summed E-state index contributed by atoms with van der Waals surface area (Å²) >= 11 is 0. The first kappa shape index (κ1) is 15.5. The van der Waals surface area contributed by atoms with Gasteiger partial charge in [0.05, 0.1) is 6.54 Å². The number of pyridine rings is 1. The van der Waals surface area contributed by atoms with E-state index in [9.17, 15) is 4.79 Å². The van der Waals surface area contributed by atoms with Crippen molar-refractivity contribution >= 4 is 5.91 Å². The molecule has 112 valence electrons. The van der Waals surface area contributed by atoms with Gasteiger partial charge >= 0.3 is 0 Å². The summed E-state index contributed by atoms with van der Waals surface area (Å²) in [5, 5.41) is 3.07. The molecule has 2 rings (SSSR count). The Morgan fingerprint density at radius 3 is 2.81 bits per heavy atom. The molecule has 0 bridgehead atoms. The van der Waals surface area contributed by atoms with Crippen molar-refractivity contribution in [3.05, 3.63) is 29.6 Å². The van der Waals surface area contributed by atoms with Gasteiger partial charge < -0.3 is 11.1 Å². The van der Waals surface area contributed by atoms with Crippen molar-refractivity contribution in [3.8, 4) is 11.8 Å². The lowest BCUT2D eigenvalue weighted by Crippen LogP contribution is -2.39. The van der Waals surface area contributed by atoms with Crippen molar-refractivity contribution in [2.75, 3.05) is 6.54 Å². The Morgan fingerprint density at radius 2 is 2.19 bits per heavy atom. The third-order valence-electron chi connectivity index (χ3n) is 4.05. The van der Waals surface area contributed by atoms with Crippen LogP contribution in [-0.4, -0.2) is 23.5 Å². The Balaban J connectivity index is 1.93. The number of carbonyl (C=O) groups is 1. The molecule has 1 aliphatic rings. The van der Waals surface area contributed by atoms with Crippen LogP contribution in [0, 0.1) is 17.8 Å². The Labute approximate surface area is 126 Å². The Kier molecular flexibility index (Phi) is 5.77. The minimum Gasteiger partial charge on any atom is -0.348 e. The van der Waals surface area contributed by atoms with Gasteiger partial charge in [0.25, 0.3) is 5.91 Å². The predicted octanol–water partition coefficient (Wildman–Crippen LogP) is 2.09. The minimum absolute atomic E-state index is 0.105. The maximum Gasteiger partial charge on any atom is 0.270 e.